The largest absolute Gasteiger partial charge is 0.481 e. The van der Waals surface area contributed by atoms with E-state index in [0.717, 1.165) is 61.0 Å². The molecular formula is C33H37F2N3O2. The van der Waals surface area contributed by atoms with E-state index in [1.807, 2.05) is 54.4 Å². The predicted octanol–water partition coefficient (Wildman–Crippen LogP) is 7.52. The smallest absolute Gasteiger partial charge is 0.248 e. The van der Waals surface area contributed by atoms with Crippen LogP contribution in [0.4, 0.5) is 14.5 Å². The molecule has 3 aromatic rings. The molecule has 4 aliphatic carbocycles. The fourth-order valence-corrected chi connectivity index (χ4v) is 7.31. The van der Waals surface area contributed by atoms with Gasteiger partial charge in [-0.15, -0.1) is 0 Å². The van der Waals surface area contributed by atoms with Gasteiger partial charge in [0, 0.05) is 55.6 Å². The minimum Gasteiger partial charge on any atom is -0.481 e. The number of carbonyl (C=O) groups is 1. The predicted molar refractivity (Wildman–Crippen MR) is 152 cm³/mol. The number of methoxy groups -OCH3 is 1. The molecule has 0 radical (unpaired) electrons. The number of carbonyl (C=O) groups excluding carboxylic acids is 1. The summed E-state index contributed by atoms with van der Waals surface area (Å²) in [6.07, 6.45) is 9.89. The number of anilines is 1. The first-order valence-corrected chi connectivity index (χ1v) is 14.4. The molecule has 1 aromatic carbocycles. The number of hydrogen-bond acceptors (Lipinski definition) is 4. The Balaban J connectivity index is 1.26. The topological polar surface area (TPSA) is 55.3 Å². The maximum atomic E-state index is 13.8. The molecule has 7 heteroatoms. The summed E-state index contributed by atoms with van der Waals surface area (Å²) in [5.74, 6) is -2.41. The van der Waals surface area contributed by atoms with E-state index >= 15 is 0 Å². The zero-order valence-electron chi connectivity index (χ0n) is 23.3. The van der Waals surface area contributed by atoms with Gasteiger partial charge in [0.15, 0.2) is 0 Å². The molecule has 0 atom stereocenters. The molecule has 4 saturated carbocycles. The summed E-state index contributed by atoms with van der Waals surface area (Å²) in [5, 5.41) is 0. The fraction of sp³-hybridized carbons (Fsp3) is 0.485. The van der Waals surface area contributed by atoms with Gasteiger partial charge >= 0.3 is 0 Å². The van der Waals surface area contributed by atoms with Crippen LogP contribution in [0.2, 0.25) is 0 Å². The van der Waals surface area contributed by atoms with E-state index in [9.17, 15) is 13.6 Å². The highest BCUT2D eigenvalue weighted by Crippen LogP contribution is 2.58. The van der Waals surface area contributed by atoms with Gasteiger partial charge < -0.3 is 9.64 Å². The van der Waals surface area contributed by atoms with Crippen LogP contribution >= 0.6 is 0 Å². The molecule has 1 amide bonds. The van der Waals surface area contributed by atoms with Gasteiger partial charge in [-0.25, -0.2) is 13.8 Å². The number of amides is 1. The monoisotopic (exact) mass is 545 g/mol. The third kappa shape index (κ3) is 5.23. The number of hydrogen-bond donors (Lipinski definition) is 0. The van der Waals surface area contributed by atoms with Crippen LogP contribution < -0.4 is 9.64 Å². The highest BCUT2D eigenvalue weighted by molar-refractivity contribution is 5.94. The van der Waals surface area contributed by atoms with Crippen molar-refractivity contribution >= 4 is 11.6 Å². The van der Waals surface area contributed by atoms with Gasteiger partial charge in [0.25, 0.3) is 0 Å². The van der Waals surface area contributed by atoms with E-state index < -0.39 is 5.92 Å². The van der Waals surface area contributed by atoms with Gasteiger partial charge in [-0.2, -0.15) is 0 Å². The van der Waals surface area contributed by atoms with Crippen molar-refractivity contribution in [3.8, 4) is 17.0 Å². The van der Waals surface area contributed by atoms with Crippen LogP contribution in [-0.4, -0.2) is 35.5 Å². The summed E-state index contributed by atoms with van der Waals surface area (Å²) >= 11 is 0. The van der Waals surface area contributed by atoms with Crippen molar-refractivity contribution in [1.82, 2.24) is 9.97 Å². The van der Waals surface area contributed by atoms with Gasteiger partial charge in [-0.05, 0) is 109 Å². The normalized spacial score (nSPS) is 25.3. The lowest BCUT2D eigenvalue weighted by molar-refractivity contribution is -0.132. The Kier molecular flexibility index (Phi) is 6.87. The summed E-state index contributed by atoms with van der Waals surface area (Å²) in [7, 11) is 1.59. The molecule has 0 unspecified atom stereocenters. The lowest BCUT2D eigenvalue weighted by atomic mass is 9.52. The quantitative estimate of drug-likeness (QED) is 0.294. The molecule has 0 spiro atoms. The minimum atomic E-state index is -2.63. The third-order valence-electron chi connectivity index (χ3n) is 9.78. The number of pyridine rings is 2. The highest BCUT2D eigenvalue weighted by atomic mass is 19.3. The first-order valence-electron chi connectivity index (χ1n) is 14.4. The summed E-state index contributed by atoms with van der Waals surface area (Å²) in [6, 6.07) is 16.2. The summed E-state index contributed by atoms with van der Waals surface area (Å²) in [6.45, 7) is 2.68. The second kappa shape index (κ2) is 10.2. The average molecular weight is 546 g/mol. The molecule has 2 aromatic heterocycles. The number of nitrogens with zero attached hydrogens (tertiary/aromatic N) is 3. The average Bonchev–Trinajstić information content (AvgIpc) is 2.96. The maximum absolute atomic E-state index is 13.8. The molecule has 4 fully saturated rings. The SMILES string of the molecule is COc1cc(-c2cccc(N(CC34CCC(c5ccnc(C)c5)(CC3)CC4)C(=O)CC3CC(F)(F)C3)c2)ccn1. The van der Waals surface area contributed by atoms with E-state index in [-0.39, 0.29) is 41.9 Å². The van der Waals surface area contributed by atoms with Crippen molar-refractivity contribution in [3.05, 3.63) is 72.2 Å². The zero-order valence-corrected chi connectivity index (χ0v) is 23.3. The van der Waals surface area contributed by atoms with Crippen LogP contribution in [0.1, 0.15) is 69.0 Å². The lowest BCUT2D eigenvalue weighted by Crippen LogP contribution is -2.51. The second-order valence-corrected chi connectivity index (χ2v) is 12.4. The van der Waals surface area contributed by atoms with Crippen molar-refractivity contribution in [2.45, 2.75) is 76.0 Å². The van der Waals surface area contributed by atoms with Crippen LogP contribution in [0.3, 0.4) is 0 Å². The van der Waals surface area contributed by atoms with Gasteiger partial charge in [0.05, 0.1) is 7.11 Å². The Bertz CT molecular complexity index is 1380. The Morgan fingerprint density at radius 2 is 1.65 bits per heavy atom. The van der Waals surface area contributed by atoms with Crippen LogP contribution in [0.25, 0.3) is 11.1 Å². The molecule has 7 rings (SSSR count). The zero-order chi connectivity index (χ0) is 28.0. The minimum absolute atomic E-state index is 0.0406. The highest BCUT2D eigenvalue weighted by Gasteiger charge is 2.51. The number of benzene rings is 1. The Labute approximate surface area is 235 Å². The number of halogens is 2. The fourth-order valence-electron chi connectivity index (χ4n) is 7.31. The molecule has 210 valence electrons. The van der Waals surface area contributed by atoms with Crippen LogP contribution in [0.5, 0.6) is 5.88 Å². The van der Waals surface area contributed by atoms with E-state index in [0.29, 0.717) is 12.4 Å². The lowest BCUT2D eigenvalue weighted by Gasteiger charge is -2.55. The Hall–Kier alpha value is -3.35. The van der Waals surface area contributed by atoms with E-state index in [1.54, 1.807) is 13.3 Å². The third-order valence-corrected chi connectivity index (χ3v) is 9.78. The number of rotatable bonds is 8. The van der Waals surface area contributed by atoms with Crippen LogP contribution in [0.15, 0.2) is 60.9 Å². The Morgan fingerprint density at radius 1 is 0.950 bits per heavy atom. The summed E-state index contributed by atoms with van der Waals surface area (Å²) in [4.78, 5) is 24.3. The van der Waals surface area contributed by atoms with E-state index in [1.165, 1.54) is 5.56 Å². The first-order chi connectivity index (χ1) is 19.2. The molecule has 2 bridgehead atoms. The Morgan fingerprint density at radius 3 is 2.33 bits per heavy atom. The molecule has 40 heavy (non-hydrogen) atoms. The molecular weight excluding hydrogens is 508 g/mol. The maximum Gasteiger partial charge on any atom is 0.248 e. The second-order valence-electron chi connectivity index (χ2n) is 12.4. The first kappa shape index (κ1) is 26.9. The summed E-state index contributed by atoms with van der Waals surface area (Å²) < 4.78 is 32.5. The van der Waals surface area contributed by atoms with Gasteiger partial charge in [-0.1, -0.05) is 12.1 Å². The standard InChI is InChI=1S/C33H37F2N3O2/c1-23-16-27(7-15-36-23)32-11-8-31(9-12-32,10-13-32)22-38(30(39)17-24-20-33(34,35)21-24)28-5-3-4-25(18-28)26-6-14-37-29(19-26)40-2/h3-7,14-16,18-19,24H,8-13,17,20-22H2,1-2H3. The number of fused-ring (bicyclic) bond motifs is 3. The molecule has 4 aliphatic rings. The van der Waals surface area contributed by atoms with E-state index in [4.69, 9.17) is 4.74 Å². The van der Waals surface area contributed by atoms with Gasteiger partial charge in [0.2, 0.25) is 17.7 Å². The van der Waals surface area contributed by atoms with Gasteiger partial charge in [-0.3, -0.25) is 9.78 Å². The molecule has 0 saturated heterocycles. The van der Waals surface area contributed by atoms with E-state index in [2.05, 4.69) is 22.1 Å². The number of aromatic nitrogens is 2. The molecule has 0 aliphatic heterocycles. The molecule has 5 nitrogen and oxygen atoms in total. The van der Waals surface area contributed by atoms with Crippen molar-refractivity contribution in [1.29, 1.82) is 0 Å². The number of aryl methyl sites for hydroxylation is 1. The van der Waals surface area contributed by atoms with Crippen molar-refractivity contribution in [2.75, 3.05) is 18.6 Å². The van der Waals surface area contributed by atoms with Crippen LogP contribution in [0, 0.1) is 18.3 Å². The van der Waals surface area contributed by atoms with Crippen molar-refractivity contribution < 1.29 is 18.3 Å². The summed E-state index contributed by atoms with van der Waals surface area (Å²) in [5.41, 5.74) is 5.42. The van der Waals surface area contributed by atoms with Crippen molar-refractivity contribution in [2.24, 2.45) is 11.3 Å². The molecule has 0 N–H and O–H groups in total. The number of alkyl halides is 2. The van der Waals surface area contributed by atoms with Crippen molar-refractivity contribution in [3.63, 3.8) is 0 Å². The molecule has 2 heterocycles. The number of ether oxygens (including phenoxy) is 1. The van der Waals surface area contributed by atoms with Gasteiger partial charge in [0.1, 0.15) is 0 Å². The van der Waals surface area contributed by atoms with Crippen LogP contribution in [-0.2, 0) is 10.2 Å².